The molecule has 0 spiro atoms. The SMILES string of the molecule is COC(=O)c1ccc(Nc2ccccc2OC)c(N=C(N)CCl)c1. The summed E-state index contributed by atoms with van der Waals surface area (Å²) in [5, 5.41) is 3.22. The highest BCUT2D eigenvalue weighted by Gasteiger charge is 2.11. The highest BCUT2D eigenvalue weighted by atomic mass is 35.5. The number of halogens is 1. The van der Waals surface area contributed by atoms with Crippen LogP contribution in [0.3, 0.4) is 0 Å². The van der Waals surface area contributed by atoms with Gasteiger partial charge in [-0.05, 0) is 30.3 Å². The van der Waals surface area contributed by atoms with E-state index < -0.39 is 5.97 Å². The van der Waals surface area contributed by atoms with Gasteiger partial charge in [0, 0.05) is 0 Å². The van der Waals surface area contributed by atoms with E-state index in [9.17, 15) is 4.79 Å². The molecule has 0 aliphatic heterocycles. The summed E-state index contributed by atoms with van der Waals surface area (Å²) in [6.07, 6.45) is 0. The van der Waals surface area contributed by atoms with Crippen LogP contribution in [0.4, 0.5) is 17.1 Å². The maximum absolute atomic E-state index is 11.7. The zero-order valence-corrected chi connectivity index (χ0v) is 14.1. The molecule has 3 N–H and O–H groups in total. The Morgan fingerprint density at radius 2 is 1.96 bits per heavy atom. The predicted molar refractivity (Wildman–Crippen MR) is 96.1 cm³/mol. The minimum atomic E-state index is -0.459. The number of anilines is 2. The van der Waals surface area contributed by atoms with Gasteiger partial charge in [-0.1, -0.05) is 12.1 Å². The molecular formula is C17H18ClN3O3. The number of nitrogens with zero attached hydrogens (tertiary/aromatic N) is 1. The standard InChI is InChI=1S/C17H18ClN3O3/c1-23-15-6-4-3-5-13(15)20-12-8-7-11(17(22)24-2)9-14(12)21-16(19)10-18/h3-9,20H,10H2,1-2H3,(H2,19,21). The van der Waals surface area contributed by atoms with Crippen LogP contribution in [0.2, 0.25) is 0 Å². The number of benzene rings is 2. The molecule has 2 aromatic carbocycles. The summed E-state index contributed by atoms with van der Waals surface area (Å²) in [7, 11) is 2.91. The molecule has 0 aliphatic rings. The van der Waals surface area contributed by atoms with E-state index in [0.717, 1.165) is 5.69 Å². The largest absolute Gasteiger partial charge is 0.495 e. The van der Waals surface area contributed by atoms with Crippen molar-refractivity contribution in [3.8, 4) is 5.75 Å². The first-order chi connectivity index (χ1) is 11.6. The lowest BCUT2D eigenvalue weighted by molar-refractivity contribution is 0.0601. The fourth-order valence-corrected chi connectivity index (χ4v) is 2.11. The quantitative estimate of drug-likeness (QED) is 0.362. The van der Waals surface area contributed by atoms with E-state index in [-0.39, 0.29) is 11.7 Å². The molecule has 0 radical (unpaired) electrons. The maximum atomic E-state index is 11.7. The van der Waals surface area contributed by atoms with Crippen molar-refractivity contribution in [2.75, 3.05) is 25.4 Å². The second-order valence-corrected chi connectivity index (χ2v) is 5.05. The summed E-state index contributed by atoms with van der Waals surface area (Å²) < 4.78 is 10.1. The van der Waals surface area contributed by atoms with Gasteiger partial charge in [0.15, 0.2) is 0 Å². The number of carbonyl (C=O) groups excluding carboxylic acids is 1. The number of alkyl halides is 1. The summed E-state index contributed by atoms with van der Waals surface area (Å²) in [6, 6.07) is 12.4. The zero-order valence-electron chi connectivity index (χ0n) is 13.4. The molecule has 2 aromatic rings. The van der Waals surface area contributed by atoms with Crippen LogP contribution in [0.5, 0.6) is 5.75 Å². The van der Waals surface area contributed by atoms with E-state index in [1.54, 1.807) is 25.3 Å². The fourth-order valence-electron chi connectivity index (χ4n) is 2.05. The first-order valence-electron chi connectivity index (χ1n) is 7.10. The Morgan fingerprint density at radius 1 is 1.21 bits per heavy atom. The van der Waals surface area contributed by atoms with E-state index in [0.29, 0.717) is 22.7 Å². The van der Waals surface area contributed by atoms with Gasteiger partial charge in [0.05, 0.1) is 42.7 Å². The number of hydrogen-bond acceptors (Lipinski definition) is 5. The molecule has 0 heterocycles. The first-order valence-corrected chi connectivity index (χ1v) is 7.64. The molecule has 0 saturated heterocycles. The van der Waals surface area contributed by atoms with Crippen LogP contribution in [0.25, 0.3) is 0 Å². The minimum Gasteiger partial charge on any atom is -0.495 e. The average molecular weight is 348 g/mol. The van der Waals surface area contributed by atoms with Gasteiger partial charge < -0.3 is 20.5 Å². The molecule has 0 aliphatic carbocycles. The van der Waals surface area contributed by atoms with Gasteiger partial charge in [-0.2, -0.15) is 0 Å². The van der Waals surface area contributed by atoms with Gasteiger partial charge in [0.2, 0.25) is 0 Å². The van der Waals surface area contributed by atoms with Gasteiger partial charge in [-0.3, -0.25) is 0 Å². The summed E-state index contributed by atoms with van der Waals surface area (Å²) in [5.41, 5.74) is 7.98. The topological polar surface area (TPSA) is 85.9 Å². The highest BCUT2D eigenvalue weighted by Crippen LogP contribution is 2.33. The summed E-state index contributed by atoms with van der Waals surface area (Å²) >= 11 is 5.70. The van der Waals surface area contributed by atoms with Gasteiger partial charge in [0.1, 0.15) is 11.6 Å². The molecule has 7 heteroatoms. The van der Waals surface area contributed by atoms with Gasteiger partial charge in [0.25, 0.3) is 0 Å². The molecule has 0 unspecified atom stereocenters. The number of carbonyl (C=O) groups is 1. The van der Waals surface area contributed by atoms with Gasteiger partial charge >= 0.3 is 5.97 Å². The lowest BCUT2D eigenvalue weighted by Gasteiger charge is -2.14. The first kappa shape index (κ1) is 17.6. The van der Waals surface area contributed by atoms with Crippen LogP contribution in [-0.4, -0.2) is 31.9 Å². The number of para-hydroxylation sites is 2. The van der Waals surface area contributed by atoms with Crippen molar-refractivity contribution in [2.24, 2.45) is 10.7 Å². The Bertz CT molecular complexity index is 762. The van der Waals surface area contributed by atoms with Crippen LogP contribution < -0.4 is 15.8 Å². The second kappa shape index (κ2) is 8.21. The third-order valence-electron chi connectivity index (χ3n) is 3.20. The molecule has 6 nitrogen and oxygen atoms in total. The molecule has 0 amide bonds. The molecule has 0 saturated carbocycles. The minimum absolute atomic E-state index is 0.0799. The van der Waals surface area contributed by atoms with Crippen LogP contribution in [-0.2, 0) is 4.74 Å². The molecular weight excluding hydrogens is 330 g/mol. The van der Waals surface area contributed by atoms with Crippen LogP contribution >= 0.6 is 11.6 Å². The highest BCUT2D eigenvalue weighted by molar-refractivity contribution is 6.28. The van der Waals surface area contributed by atoms with Crippen molar-refractivity contribution in [1.29, 1.82) is 0 Å². The van der Waals surface area contributed by atoms with Crippen LogP contribution in [0.15, 0.2) is 47.5 Å². The number of nitrogens with one attached hydrogen (secondary N) is 1. The lowest BCUT2D eigenvalue weighted by Crippen LogP contribution is -2.12. The number of nitrogens with two attached hydrogens (primary N) is 1. The molecule has 2 rings (SSSR count). The zero-order chi connectivity index (χ0) is 17.5. The number of aliphatic imine (C=N–C) groups is 1. The summed E-state index contributed by atoms with van der Waals surface area (Å²) in [5.74, 6) is 0.535. The summed E-state index contributed by atoms with van der Waals surface area (Å²) in [6.45, 7) is 0. The summed E-state index contributed by atoms with van der Waals surface area (Å²) in [4.78, 5) is 16.0. The molecule has 0 aromatic heterocycles. The number of ether oxygens (including phenoxy) is 2. The van der Waals surface area contributed by atoms with Crippen molar-refractivity contribution in [1.82, 2.24) is 0 Å². The third kappa shape index (κ3) is 4.17. The molecule has 0 fully saturated rings. The Hall–Kier alpha value is -2.73. The van der Waals surface area contributed by atoms with Crippen molar-refractivity contribution in [3.05, 3.63) is 48.0 Å². The van der Waals surface area contributed by atoms with E-state index in [1.807, 2.05) is 24.3 Å². The van der Waals surface area contributed by atoms with Crippen LogP contribution in [0, 0.1) is 0 Å². The Kier molecular flexibility index (Phi) is 6.03. The van der Waals surface area contributed by atoms with Gasteiger partial charge in [-0.15, -0.1) is 11.6 Å². The predicted octanol–water partition coefficient (Wildman–Crippen LogP) is 3.45. The molecule has 0 atom stereocenters. The van der Waals surface area contributed by atoms with E-state index in [1.165, 1.54) is 7.11 Å². The number of methoxy groups -OCH3 is 2. The van der Waals surface area contributed by atoms with Crippen molar-refractivity contribution >= 4 is 40.5 Å². The van der Waals surface area contributed by atoms with Crippen molar-refractivity contribution in [2.45, 2.75) is 0 Å². The van der Waals surface area contributed by atoms with Crippen molar-refractivity contribution in [3.63, 3.8) is 0 Å². The maximum Gasteiger partial charge on any atom is 0.337 e. The fraction of sp³-hybridized carbons (Fsp3) is 0.176. The average Bonchev–Trinajstić information content (AvgIpc) is 2.62. The van der Waals surface area contributed by atoms with E-state index in [4.69, 9.17) is 26.8 Å². The molecule has 0 bridgehead atoms. The van der Waals surface area contributed by atoms with E-state index in [2.05, 4.69) is 10.3 Å². The second-order valence-electron chi connectivity index (χ2n) is 4.79. The smallest absolute Gasteiger partial charge is 0.337 e. The Balaban J connectivity index is 2.46. The normalized spacial score (nSPS) is 11.0. The van der Waals surface area contributed by atoms with Crippen molar-refractivity contribution < 1.29 is 14.3 Å². The van der Waals surface area contributed by atoms with Gasteiger partial charge in [-0.25, -0.2) is 9.79 Å². The number of amidine groups is 1. The Labute approximate surface area is 145 Å². The number of esters is 1. The molecule has 24 heavy (non-hydrogen) atoms. The number of rotatable bonds is 6. The van der Waals surface area contributed by atoms with E-state index >= 15 is 0 Å². The monoisotopic (exact) mass is 347 g/mol. The lowest BCUT2D eigenvalue weighted by atomic mass is 10.1. The third-order valence-corrected chi connectivity index (χ3v) is 3.47. The van der Waals surface area contributed by atoms with Crippen LogP contribution in [0.1, 0.15) is 10.4 Å². The molecule has 126 valence electrons. The Morgan fingerprint density at radius 3 is 2.62 bits per heavy atom. The number of hydrogen-bond donors (Lipinski definition) is 2.